The maximum absolute atomic E-state index is 12.0. The first kappa shape index (κ1) is 14.8. The van der Waals surface area contributed by atoms with Gasteiger partial charge in [0.2, 0.25) is 0 Å². The minimum atomic E-state index is -0.947. The summed E-state index contributed by atoms with van der Waals surface area (Å²) in [4.78, 5) is 22.9. The molecule has 2 aromatic rings. The van der Waals surface area contributed by atoms with Crippen LogP contribution in [0.15, 0.2) is 42.6 Å². The molecule has 0 bridgehead atoms. The fraction of sp³-hybridized carbons (Fsp3) is 0.267. The van der Waals surface area contributed by atoms with E-state index in [0.29, 0.717) is 0 Å². The fourth-order valence-corrected chi connectivity index (χ4v) is 1.79. The Hall–Kier alpha value is -2.63. The number of hydrogen-bond donors (Lipinski definition) is 2. The molecular weight excluding hydrogens is 270 g/mol. The van der Waals surface area contributed by atoms with E-state index < -0.39 is 17.9 Å². The Morgan fingerprint density at radius 2 is 1.86 bits per heavy atom. The van der Waals surface area contributed by atoms with Crippen molar-refractivity contribution >= 4 is 11.9 Å². The molecule has 0 aliphatic carbocycles. The third-order valence-electron chi connectivity index (χ3n) is 3.34. The Morgan fingerprint density at radius 1 is 1.19 bits per heavy atom. The summed E-state index contributed by atoms with van der Waals surface area (Å²) < 4.78 is 1.60. The number of hydrogen-bond acceptors (Lipinski definition) is 3. The summed E-state index contributed by atoms with van der Waals surface area (Å²) in [6.07, 6.45) is 1.69. The van der Waals surface area contributed by atoms with E-state index in [9.17, 15) is 9.59 Å². The normalized spacial score (nSPS) is 13.4. The molecule has 0 aliphatic rings. The molecule has 2 N–H and O–H groups in total. The van der Waals surface area contributed by atoms with E-state index >= 15 is 0 Å². The van der Waals surface area contributed by atoms with Gasteiger partial charge in [0.1, 0.15) is 0 Å². The van der Waals surface area contributed by atoms with Crippen molar-refractivity contribution in [1.29, 1.82) is 0 Å². The van der Waals surface area contributed by atoms with Gasteiger partial charge in [0.15, 0.2) is 5.69 Å². The van der Waals surface area contributed by atoms with Crippen LogP contribution in [0, 0.1) is 5.92 Å². The van der Waals surface area contributed by atoms with Crippen LogP contribution in [-0.2, 0) is 4.79 Å². The highest BCUT2D eigenvalue weighted by Gasteiger charge is 2.22. The van der Waals surface area contributed by atoms with Gasteiger partial charge in [-0.15, -0.1) is 0 Å². The van der Waals surface area contributed by atoms with Crippen LogP contribution in [0.25, 0.3) is 5.69 Å². The van der Waals surface area contributed by atoms with E-state index in [0.717, 1.165) is 5.69 Å². The average molecular weight is 287 g/mol. The predicted molar refractivity (Wildman–Crippen MR) is 77.3 cm³/mol. The van der Waals surface area contributed by atoms with Gasteiger partial charge in [-0.1, -0.05) is 18.2 Å². The molecule has 1 aromatic heterocycles. The molecule has 2 atom stereocenters. The largest absolute Gasteiger partial charge is 0.481 e. The first-order valence-electron chi connectivity index (χ1n) is 6.64. The highest BCUT2D eigenvalue weighted by atomic mass is 16.4. The molecule has 0 aliphatic heterocycles. The van der Waals surface area contributed by atoms with Crippen LogP contribution >= 0.6 is 0 Å². The van der Waals surface area contributed by atoms with Crippen molar-refractivity contribution in [2.75, 3.05) is 0 Å². The summed E-state index contributed by atoms with van der Waals surface area (Å²) in [5, 5.41) is 15.8. The Kier molecular flexibility index (Phi) is 4.37. The number of rotatable bonds is 5. The van der Waals surface area contributed by atoms with Crippen molar-refractivity contribution in [3.8, 4) is 5.69 Å². The molecule has 110 valence electrons. The number of carbonyl (C=O) groups excluding carboxylic acids is 1. The molecule has 0 radical (unpaired) electrons. The summed E-state index contributed by atoms with van der Waals surface area (Å²) >= 11 is 0. The Balaban J connectivity index is 2.08. The number of para-hydroxylation sites is 1. The summed E-state index contributed by atoms with van der Waals surface area (Å²) in [5.74, 6) is -1.99. The second kappa shape index (κ2) is 6.21. The summed E-state index contributed by atoms with van der Waals surface area (Å²) in [6, 6.07) is 10.5. The first-order valence-corrected chi connectivity index (χ1v) is 6.64. The zero-order valence-corrected chi connectivity index (χ0v) is 11.9. The van der Waals surface area contributed by atoms with E-state index in [1.54, 1.807) is 30.8 Å². The molecule has 21 heavy (non-hydrogen) atoms. The summed E-state index contributed by atoms with van der Waals surface area (Å²) in [7, 11) is 0. The topological polar surface area (TPSA) is 84.2 Å². The summed E-state index contributed by atoms with van der Waals surface area (Å²) in [6.45, 7) is 3.21. The maximum atomic E-state index is 12.0. The quantitative estimate of drug-likeness (QED) is 0.876. The highest BCUT2D eigenvalue weighted by Crippen LogP contribution is 2.08. The van der Waals surface area contributed by atoms with Crippen LogP contribution in [0.3, 0.4) is 0 Å². The second-order valence-electron chi connectivity index (χ2n) is 4.87. The van der Waals surface area contributed by atoms with Gasteiger partial charge in [-0.25, -0.2) is 4.68 Å². The van der Waals surface area contributed by atoms with Gasteiger partial charge in [-0.05, 0) is 32.0 Å². The van der Waals surface area contributed by atoms with Crippen molar-refractivity contribution in [2.45, 2.75) is 19.9 Å². The Bertz CT molecular complexity index is 637. The molecule has 1 heterocycles. The van der Waals surface area contributed by atoms with Crippen LogP contribution in [0.4, 0.5) is 0 Å². The molecule has 6 heteroatoms. The Labute approximate surface area is 122 Å². The van der Waals surface area contributed by atoms with E-state index in [1.165, 1.54) is 0 Å². The number of amides is 1. The van der Waals surface area contributed by atoms with Gasteiger partial charge in [0.25, 0.3) is 5.91 Å². The fourth-order valence-electron chi connectivity index (χ4n) is 1.79. The lowest BCUT2D eigenvalue weighted by Gasteiger charge is -2.16. The maximum Gasteiger partial charge on any atom is 0.308 e. The minimum absolute atomic E-state index is 0.253. The lowest BCUT2D eigenvalue weighted by atomic mass is 10.0. The number of benzene rings is 1. The van der Waals surface area contributed by atoms with E-state index in [2.05, 4.69) is 10.4 Å². The average Bonchev–Trinajstić information content (AvgIpc) is 2.97. The van der Waals surface area contributed by atoms with E-state index in [4.69, 9.17) is 5.11 Å². The second-order valence-corrected chi connectivity index (χ2v) is 4.87. The molecule has 2 unspecified atom stereocenters. The molecule has 1 amide bonds. The number of carboxylic acids is 1. The number of nitrogens with zero attached hydrogens (tertiary/aromatic N) is 2. The summed E-state index contributed by atoms with van der Waals surface area (Å²) in [5.41, 5.74) is 1.10. The predicted octanol–water partition coefficient (Wildman–Crippen LogP) is 1.71. The van der Waals surface area contributed by atoms with Crippen LogP contribution in [0.1, 0.15) is 24.3 Å². The van der Waals surface area contributed by atoms with Gasteiger partial charge in [-0.2, -0.15) is 5.10 Å². The molecule has 0 saturated heterocycles. The minimum Gasteiger partial charge on any atom is -0.481 e. The van der Waals surface area contributed by atoms with Crippen molar-refractivity contribution in [2.24, 2.45) is 5.92 Å². The van der Waals surface area contributed by atoms with Crippen molar-refractivity contribution in [1.82, 2.24) is 15.1 Å². The first-order chi connectivity index (χ1) is 9.99. The standard InChI is InChI=1S/C15H17N3O3/c1-10(15(20)21)11(2)16-14(19)13-8-9-18(17-13)12-6-4-3-5-7-12/h3-11H,1-2H3,(H,16,19)(H,20,21). The molecule has 0 fully saturated rings. The molecule has 0 saturated carbocycles. The monoisotopic (exact) mass is 287 g/mol. The lowest BCUT2D eigenvalue weighted by Crippen LogP contribution is -2.40. The van der Waals surface area contributed by atoms with Crippen molar-refractivity contribution in [3.05, 3.63) is 48.3 Å². The molecule has 1 aromatic carbocycles. The van der Waals surface area contributed by atoms with Crippen LogP contribution in [-0.4, -0.2) is 32.8 Å². The van der Waals surface area contributed by atoms with Gasteiger partial charge in [0, 0.05) is 12.2 Å². The number of aliphatic carboxylic acids is 1. The third-order valence-corrected chi connectivity index (χ3v) is 3.34. The van der Waals surface area contributed by atoms with Crippen LogP contribution in [0.5, 0.6) is 0 Å². The van der Waals surface area contributed by atoms with Gasteiger partial charge >= 0.3 is 5.97 Å². The van der Waals surface area contributed by atoms with Gasteiger partial charge in [-0.3, -0.25) is 9.59 Å². The van der Waals surface area contributed by atoms with Gasteiger partial charge in [0.05, 0.1) is 11.6 Å². The molecule has 0 spiro atoms. The van der Waals surface area contributed by atoms with Crippen LogP contribution in [0.2, 0.25) is 0 Å². The zero-order valence-electron chi connectivity index (χ0n) is 11.9. The van der Waals surface area contributed by atoms with Gasteiger partial charge < -0.3 is 10.4 Å². The smallest absolute Gasteiger partial charge is 0.308 e. The van der Waals surface area contributed by atoms with Crippen LogP contribution < -0.4 is 5.32 Å². The highest BCUT2D eigenvalue weighted by molar-refractivity contribution is 5.92. The molecule has 2 rings (SSSR count). The third kappa shape index (κ3) is 3.47. The SMILES string of the molecule is CC(NC(=O)c1ccn(-c2ccccc2)n1)C(C)C(=O)O. The Morgan fingerprint density at radius 3 is 2.48 bits per heavy atom. The van der Waals surface area contributed by atoms with E-state index in [-0.39, 0.29) is 11.6 Å². The number of carbonyl (C=O) groups is 2. The number of nitrogens with one attached hydrogen (secondary N) is 1. The lowest BCUT2D eigenvalue weighted by molar-refractivity contribution is -0.141. The van der Waals surface area contributed by atoms with Crippen molar-refractivity contribution < 1.29 is 14.7 Å². The number of aromatic nitrogens is 2. The molecule has 6 nitrogen and oxygen atoms in total. The van der Waals surface area contributed by atoms with E-state index in [1.807, 2.05) is 30.3 Å². The number of carboxylic acid groups (broad SMARTS) is 1. The zero-order chi connectivity index (χ0) is 15.4. The molecular formula is C15H17N3O3. The van der Waals surface area contributed by atoms with Crippen molar-refractivity contribution in [3.63, 3.8) is 0 Å².